The van der Waals surface area contributed by atoms with Crippen LogP contribution >= 0.6 is 0 Å². The summed E-state index contributed by atoms with van der Waals surface area (Å²) in [5, 5.41) is 0. The Kier molecular flexibility index (Phi) is 5.88. The number of rotatable bonds is 5. The van der Waals surface area contributed by atoms with E-state index in [9.17, 15) is 4.79 Å². The minimum atomic E-state index is -0.153. The average Bonchev–Trinajstić information content (AvgIpc) is 2.96. The molecule has 0 heterocycles. The maximum Gasteiger partial charge on any atom is 0.138 e. The van der Waals surface area contributed by atoms with Gasteiger partial charge < -0.3 is 0 Å². The van der Waals surface area contributed by atoms with Crippen molar-refractivity contribution in [2.75, 3.05) is 0 Å². The van der Waals surface area contributed by atoms with E-state index in [0.717, 1.165) is 37.0 Å². The minimum absolute atomic E-state index is 0.153. The summed E-state index contributed by atoms with van der Waals surface area (Å²) in [5.41, 5.74) is 2.80. The fourth-order valence-electron chi connectivity index (χ4n) is 9.51. The highest BCUT2D eigenvalue weighted by Crippen LogP contribution is 2.73. The third kappa shape index (κ3) is 3.33. The fourth-order valence-corrected chi connectivity index (χ4v) is 9.51. The van der Waals surface area contributed by atoms with Crippen molar-refractivity contribution in [3.8, 4) is 0 Å². The molecule has 0 amide bonds. The molecule has 0 saturated heterocycles. The Balaban J connectivity index is 1.61. The van der Waals surface area contributed by atoms with Crippen molar-refractivity contribution in [3.05, 3.63) is 11.6 Å². The average molecular weight is 427 g/mol. The van der Waals surface area contributed by atoms with Crippen LogP contribution in [-0.4, -0.2) is 5.78 Å². The highest BCUT2D eigenvalue weighted by Gasteiger charge is 2.65. The van der Waals surface area contributed by atoms with Crippen LogP contribution in [0, 0.1) is 51.2 Å². The predicted molar refractivity (Wildman–Crippen MR) is 132 cm³/mol. The van der Waals surface area contributed by atoms with Crippen molar-refractivity contribution < 1.29 is 4.79 Å². The molecular weight excluding hydrogens is 376 g/mol. The van der Waals surface area contributed by atoms with Crippen LogP contribution in [0.5, 0.6) is 0 Å². The molecule has 1 nitrogen and oxygen atoms in total. The lowest BCUT2D eigenvalue weighted by atomic mass is 9.41. The second kappa shape index (κ2) is 7.73. The van der Waals surface area contributed by atoms with Gasteiger partial charge in [0.2, 0.25) is 0 Å². The summed E-state index contributed by atoms with van der Waals surface area (Å²) in [5.74, 6) is 4.29. The van der Waals surface area contributed by atoms with Crippen LogP contribution < -0.4 is 0 Å². The van der Waals surface area contributed by atoms with Gasteiger partial charge in [0.25, 0.3) is 0 Å². The molecule has 0 spiro atoms. The molecule has 0 aromatic rings. The zero-order valence-electron chi connectivity index (χ0n) is 21.9. The SMILES string of the molecule is CC(C)CCCC(C)C1CCC2(C)C3=CCC4C(C)(C)C(=O)CCC4(C)C3CCC12C. The summed E-state index contributed by atoms with van der Waals surface area (Å²) < 4.78 is 0. The van der Waals surface area contributed by atoms with E-state index in [2.05, 4.69) is 61.5 Å². The molecule has 0 aromatic heterocycles. The molecule has 7 unspecified atom stereocenters. The summed E-state index contributed by atoms with van der Waals surface area (Å²) >= 11 is 0. The van der Waals surface area contributed by atoms with Crippen molar-refractivity contribution >= 4 is 5.78 Å². The second-order valence-corrected chi connectivity index (χ2v) is 13.9. The van der Waals surface area contributed by atoms with Crippen molar-refractivity contribution in [3.63, 3.8) is 0 Å². The standard InChI is InChI=1S/C30H50O/c1-20(2)10-9-11-21(3)22-14-18-30(8)24-12-13-25-27(4,5)26(31)16-17-28(25,6)23(24)15-19-29(22,30)7/h12,20-23,25H,9-11,13-19H2,1-8H3. The van der Waals surface area contributed by atoms with Crippen LogP contribution in [0.4, 0.5) is 0 Å². The summed E-state index contributed by atoms with van der Waals surface area (Å²) in [6.45, 7) is 19.7. The molecule has 7 atom stereocenters. The smallest absolute Gasteiger partial charge is 0.138 e. The highest BCUT2D eigenvalue weighted by molar-refractivity contribution is 5.85. The van der Waals surface area contributed by atoms with E-state index in [1.54, 1.807) is 0 Å². The van der Waals surface area contributed by atoms with E-state index in [4.69, 9.17) is 0 Å². The first-order valence-corrected chi connectivity index (χ1v) is 13.6. The summed E-state index contributed by atoms with van der Waals surface area (Å²) in [7, 11) is 0. The van der Waals surface area contributed by atoms with Crippen molar-refractivity contribution in [2.45, 2.75) is 120 Å². The number of carbonyl (C=O) groups is 1. The third-order valence-electron chi connectivity index (χ3n) is 11.8. The molecule has 176 valence electrons. The Hall–Kier alpha value is -0.590. The van der Waals surface area contributed by atoms with E-state index in [0.29, 0.717) is 33.9 Å². The minimum Gasteiger partial charge on any atom is -0.299 e. The Labute approximate surface area is 193 Å². The second-order valence-electron chi connectivity index (χ2n) is 13.9. The summed E-state index contributed by atoms with van der Waals surface area (Å²) in [6, 6.07) is 0. The third-order valence-corrected chi connectivity index (χ3v) is 11.8. The first-order chi connectivity index (χ1) is 14.4. The predicted octanol–water partition coefficient (Wildman–Crippen LogP) is 8.62. The Morgan fingerprint density at radius 3 is 2.35 bits per heavy atom. The van der Waals surface area contributed by atoms with Crippen LogP contribution in [-0.2, 0) is 4.79 Å². The van der Waals surface area contributed by atoms with Crippen LogP contribution in [0.25, 0.3) is 0 Å². The van der Waals surface area contributed by atoms with Crippen LogP contribution in [0.15, 0.2) is 11.6 Å². The lowest BCUT2D eigenvalue weighted by molar-refractivity contribution is -0.146. The molecule has 3 saturated carbocycles. The molecule has 4 aliphatic rings. The number of Topliss-reactive ketones (excluding diaryl/α,β-unsaturated/α-hetero) is 1. The van der Waals surface area contributed by atoms with Crippen molar-refractivity contribution in [1.82, 2.24) is 0 Å². The van der Waals surface area contributed by atoms with Gasteiger partial charge in [-0.2, -0.15) is 0 Å². The number of allylic oxidation sites excluding steroid dienone is 2. The van der Waals surface area contributed by atoms with Gasteiger partial charge in [-0.15, -0.1) is 0 Å². The van der Waals surface area contributed by atoms with Gasteiger partial charge in [-0.3, -0.25) is 4.79 Å². The number of fused-ring (bicyclic) bond motifs is 5. The maximum atomic E-state index is 12.8. The van der Waals surface area contributed by atoms with Crippen LogP contribution in [0.1, 0.15) is 120 Å². The molecule has 0 bridgehead atoms. The van der Waals surface area contributed by atoms with Gasteiger partial charge in [0.05, 0.1) is 0 Å². The van der Waals surface area contributed by atoms with Gasteiger partial charge >= 0.3 is 0 Å². The zero-order valence-corrected chi connectivity index (χ0v) is 21.9. The van der Waals surface area contributed by atoms with Crippen LogP contribution in [0.3, 0.4) is 0 Å². The normalized spacial score (nSPS) is 45.0. The molecule has 31 heavy (non-hydrogen) atoms. The molecule has 0 radical (unpaired) electrons. The van der Waals surface area contributed by atoms with Crippen molar-refractivity contribution in [1.29, 1.82) is 0 Å². The van der Waals surface area contributed by atoms with E-state index in [1.807, 2.05) is 5.57 Å². The Bertz CT molecular complexity index is 744. The number of hydrogen-bond acceptors (Lipinski definition) is 1. The van der Waals surface area contributed by atoms with Crippen LogP contribution in [0.2, 0.25) is 0 Å². The molecule has 0 N–H and O–H groups in total. The lowest BCUT2D eigenvalue weighted by Gasteiger charge is -2.63. The number of hydrogen-bond donors (Lipinski definition) is 0. The molecule has 1 heteroatoms. The highest BCUT2D eigenvalue weighted by atomic mass is 16.1. The Morgan fingerprint density at radius 2 is 1.68 bits per heavy atom. The zero-order chi connectivity index (χ0) is 22.8. The van der Waals surface area contributed by atoms with E-state index < -0.39 is 0 Å². The first kappa shape index (κ1) is 23.6. The Morgan fingerprint density at radius 1 is 0.968 bits per heavy atom. The summed E-state index contributed by atoms with van der Waals surface area (Å²) in [4.78, 5) is 12.8. The lowest BCUT2D eigenvalue weighted by Crippen LogP contribution is -2.57. The number of ketones is 1. The molecule has 0 aliphatic heterocycles. The molecule has 3 fully saturated rings. The maximum absolute atomic E-state index is 12.8. The largest absolute Gasteiger partial charge is 0.299 e. The molecule has 4 rings (SSSR count). The van der Waals surface area contributed by atoms with Gasteiger partial charge in [0.15, 0.2) is 0 Å². The molecule has 4 aliphatic carbocycles. The molecular formula is C30H50O. The molecule has 0 aromatic carbocycles. The number of carbonyl (C=O) groups excluding carboxylic acids is 1. The quantitative estimate of drug-likeness (QED) is 0.402. The van der Waals surface area contributed by atoms with E-state index >= 15 is 0 Å². The van der Waals surface area contributed by atoms with Gasteiger partial charge in [0, 0.05) is 11.8 Å². The van der Waals surface area contributed by atoms with Crippen molar-refractivity contribution in [2.24, 2.45) is 51.2 Å². The van der Waals surface area contributed by atoms with E-state index in [-0.39, 0.29) is 5.41 Å². The van der Waals surface area contributed by atoms with Gasteiger partial charge in [-0.25, -0.2) is 0 Å². The van der Waals surface area contributed by atoms with Gasteiger partial charge in [-0.05, 0) is 84.4 Å². The van der Waals surface area contributed by atoms with E-state index in [1.165, 1.54) is 44.9 Å². The first-order valence-electron chi connectivity index (χ1n) is 13.6. The topological polar surface area (TPSA) is 17.1 Å². The van der Waals surface area contributed by atoms with Gasteiger partial charge in [0.1, 0.15) is 5.78 Å². The monoisotopic (exact) mass is 426 g/mol. The fraction of sp³-hybridized carbons (Fsp3) is 0.900. The summed E-state index contributed by atoms with van der Waals surface area (Å²) in [6.07, 6.45) is 15.4. The van der Waals surface area contributed by atoms with Gasteiger partial charge in [-0.1, -0.05) is 86.3 Å².